The summed E-state index contributed by atoms with van der Waals surface area (Å²) >= 11 is 13.5. The van der Waals surface area contributed by atoms with Gasteiger partial charge in [0.15, 0.2) is 22.9 Å². The van der Waals surface area contributed by atoms with Crippen LogP contribution in [0.15, 0.2) is 60.3 Å². The second-order valence-electron chi connectivity index (χ2n) is 7.05. The van der Waals surface area contributed by atoms with Crippen molar-refractivity contribution in [3.63, 3.8) is 0 Å². The fourth-order valence-corrected chi connectivity index (χ4v) is 4.01. The molecule has 0 fully saturated rings. The predicted octanol–water partition coefficient (Wildman–Crippen LogP) is 5.84. The number of Topliss-reactive ketones (excluding diaryl/α,β-unsaturated/α-hetero) is 1. The molecule has 1 unspecified atom stereocenters. The third-order valence-electron chi connectivity index (χ3n) is 4.53. The van der Waals surface area contributed by atoms with Crippen LogP contribution < -0.4 is 10.1 Å². The normalized spacial score (nSPS) is 11.6. The van der Waals surface area contributed by atoms with E-state index in [1.807, 2.05) is 11.5 Å². The summed E-state index contributed by atoms with van der Waals surface area (Å²) in [5, 5.41) is 12.8. The fourth-order valence-electron chi connectivity index (χ4n) is 2.93. The van der Waals surface area contributed by atoms with Crippen LogP contribution in [-0.4, -0.2) is 32.2 Å². The molecule has 33 heavy (non-hydrogen) atoms. The molecular formula is C23H22Cl2N4O3S. The first-order valence-corrected chi connectivity index (χ1v) is 11.7. The third kappa shape index (κ3) is 6.60. The van der Waals surface area contributed by atoms with E-state index in [1.165, 1.54) is 18.7 Å². The summed E-state index contributed by atoms with van der Waals surface area (Å²) in [5.74, 6) is 0.888. The number of ketones is 1. The van der Waals surface area contributed by atoms with Crippen molar-refractivity contribution in [1.29, 1.82) is 0 Å². The van der Waals surface area contributed by atoms with Gasteiger partial charge in [-0.3, -0.25) is 14.2 Å². The number of thioether (sulfide) groups is 1. The number of anilines is 1. The second-order valence-corrected chi connectivity index (χ2v) is 8.83. The summed E-state index contributed by atoms with van der Waals surface area (Å²) in [5.41, 5.74) is 1.20. The topological polar surface area (TPSA) is 86.1 Å². The molecule has 0 radical (unpaired) electrons. The van der Waals surface area contributed by atoms with Crippen LogP contribution in [0.4, 0.5) is 5.69 Å². The Morgan fingerprint density at radius 3 is 2.61 bits per heavy atom. The Kier molecular flexibility index (Phi) is 8.55. The van der Waals surface area contributed by atoms with Gasteiger partial charge in [-0.2, -0.15) is 0 Å². The smallest absolute Gasteiger partial charge is 0.234 e. The zero-order valence-corrected chi connectivity index (χ0v) is 20.4. The van der Waals surface area contributed by atoms with E-state index in [0.717, 1.165) is 0 Å². The number of amides is 1. The molecule has 0 bridgehead atoms. The van der Waals surface area contributed by atoms with E-state index < -0.39 is 6.10 Å². The molecule has 0 spiro atoms. The van der Waals surface area contributed by atoms with Crippen molar-refractivity contribution in [3.05, 3.63) is 76.6 Å². The first kappa shape index (κ1) is 24.8. The molecule has 1 atom stereocenters. The average molecular weight is 505 g/mol. The largest absolute Gasteiger partial charge is 0.481 e. The number of nitrogens with one attached hydrogen (secondary N) is 1. The lowest BCUT2D eigenvalue weighted by atomic mass is 10.1. The van der Waals surface area contributed by atoms with Gasteiger partial charge in [-0.1, -0.05) is 41.0 Å². The van der Waals surface area contributed by atoms with E-state index in [-0.39, 0.29) is 17.4 Å². The number of hydrogen-bond acceptors (Lipinski definition) is 6. The van der Waals surface area contributed by atoms with E-state index in [2.05, 4.69) is 22.1 Å². The van der Waals surface area contributed by atoms with Crippen LogP contribution in [0.25, 0.3) is 0 Å². The molecule has 1 aromatic heterocycles. The summed E-state index contributed by atoms with van der Waals surface area (Å²) < 4.78 is 7.79. The molecule has 1 amide bonds. The predicted molar refractivity (Wildman–Crippen MR) is 132 cm³/mol. The molecule has 1 N–H and O–H groups in total. The third-order valence-corrected chi connectivity index (χ3v) is 6.04. The van der Waals surface area contributed by atoms with E-state index in [9.17, 15) is 9.59 Å². The lowest BCUT2D eigenvalue weighted by Crippen LogP contribution is -2.15. The van der Waals surface area contributed by atoms with Crippen LogP contribution in [0.3, 0.4) is 0 Å². The Labute approximate surface area is 206 Å². The molecule has 0 saturated carbocycles. The van der Waals surface area contributed by atoms with Gasteiger partial charge in [0.25, 0.3) is 0 Å². The molecule has 3 aromatic rings. The van der Waals surface area contributed by atoms with Gasteiger partial charge in [0.2, 0.25) is 5.91 Å². The number of aromatic nitrogens is 3. The standard InChI is InChI=1S/C23H22Cl2N4O3S/c1-4-11-29-22(15(3)32-20-12-17(24)7-10-19(20)25)27-28-23(29)33-13-21(31)26-18-8-5-16(6-9-18)14(2)30/h4-10,12,15H,1,11,13H2,2-3H3,(H,26,31). The average Bonchev–Trinajstić information content (AvgIpc) is 3.18. The van der Waals surface area contributed by atoms with Gasteiger partial charge in [-0.05, 0) is 50.2 Å². The highest BCUT2D eigenvalue weighted by Gasteiger charge is 2.20. The highest BCUT2D eigenvalue weighted by atomic mass is 35.5. The Morgan fingerprint density at radius 2 is 1.94 bits per heavy atom. The Bertz CT molecular complexity index is 1170. The van der Waals surface area contributed by atoms with Crippen LogP contribution in [0.2, 0.25) is 10.0 Å². The Balaban J connectivity index is 1.67. The van der Waals surface area contributed by atoms with Crippen molar-refractivity contribution in [2.75, 3.05) is 11.1 Å². The number of ether oxygens (including phenoxy) is 1. The Hall–Kier alpha value is -2.81. The minimum atomic E-state index is -0.476. The molecule has 0 aliphatic heterocycles. The quantitative estimate of drug-likeness (QED) is 0.212. The van der Waals surface area contributed by atoms with E-state index >= 15 is 0 Å². The minimum Gasteiger partial charge on any atom is -0.481 e. The zero-order valence-electron chi connectivity index (χ0n) is 18.0. The molecule has 1 heterocycles. The lowest BCUT2D eigenvalue weighted by Gasteiger charge is -2.16. The van der Waals surface area contributed by atoms with Gasteiger partial charge >= 0.3 is 0 Å². The zero-order chi connectivity index (χ0) is 24.0. The molecular weight excluding hydrogens is 483 g/mol. The number of benzene rings is 2. The summed E-state index contributed by atoms with van der Waals surface area (Å²) in [6, 6.07) is 11.7. The van der Waals surface area contributed by atoms with Crippen molar-refractivity contribution < 1.29 is 14.3 Å². The lowest BCUT2D eigenvalue weighted by molar-refractivity contribution is -0.113. The number of halogens is 2. The minimum absolute atomic E-state index is 0.0309. The van der Waals surface area contributed by atoms with Gasteiger partial charge in [0.05, 0.1) is 10.8 Å². The second kappa shape index (κ2) is 11.4. The van der Waals surface area contributed by atoms with Crippen LogP contribution in [0, 0.1) is 0 Å². The molecule has 0 aliphatic rings. The monoisotopic (exact) mass is 504 g/mol. The number of rotatable bonds is 10. The summed E-state index contributed by atoms with van der Waals surface area (Å²) in [6.45, 7) is 7.55. The molecule has 3 rings (SSSR count). The summed E-state index contributed by atoms with van der Waals surface area (Å²) in [6.07, 6.45) is 1.24. The number of hydrogen-bond donors (Lipinski definition) is 1. The number of nitrogens with zero attached hydrogens (tertiary/aromatic N) is 3. The van der Waals surface area contributed by atoms with Gasteiger partial charge in [0.1, 0.15) is 5.75 Å². The molecule has 2 aromatic carbocycles. The molecule has 7 nitrogen and oxygen atoms in total. The van der Waals surface area contributed by atoms with Crippen molar-refractivity contribution in [2.45, 2.75) is 31.7 Å². The molecule has 10 heteroatoms. The first-order chi connectivity index (χ1) is 15.8. The molecule has 0 aliphatic carbocycles. The van der Waals surface area contributed by atoms with Gasteiger partial charge in [-0.15, -0.1) is 16.8 Å². The van der Waals surface area contributed by atoms with Crippen molar-refractivity contribution in [3.8, 4) is 5.75 Å². The maximum atomic E-state index is 12.4. The maximum absolute atomic E-state index is 12.4. The van der Waals surface area contributed by atoms with Gasteiger partial charge in [0, 0.05) is 28.9 Å². The van der Waals surface area contributed by atoms with Crippen LogP contribution in [-0.2, 0) is 11.3 Å². The number of carbonyl (C=O) groups excluding carboxylic acids is 2. The van der Waals surface area contributed by atoms with E-state index in [4.69, 9.17) is 27.9 Å². The number of allylic oxidation sites excluding steroid dienone is 1. The maximum Gasteiger partial charge on any atom is 0.234 e. The fraction of sp³-hybridized carbons (Fsp3) is 0.217. The van der Waals surface area contributed by atoms with Crippen molar-refractivity contribution in [2.24, 2.45) is 0 Å². The summed E-state index contributed by atoms with van der Waals surface area (Å²) in [4.78, 5) is 23.8. The van der Waals surface area contributed by atoms with Gasteiger partial charge in [-0.25, -0.2) is 0 Å². The van der Waals surface area contributed by atoms with E-state index in [1.54, 1.807) is 48.5 Å². The van der Waals surface area contributed by atoms with E-state index in [0.29, 0.717) is 44.6 Å². The van der Waals surface area contributed by atoms with Crippen LogP contribution in [0.5, 0.6) is 5.75 Å². The summed E-state index contributed by atoms with van der Waals surface area (Å²) in [7, 11) is 0. The first-order valence-electron chi connectivity index (χ1n) is 9.97. The van der Waals surface area contributed by atoms with Crippen molar-refractivity contribution >= 4 is 52.3 Å². The van der Waals surface area contributed by atoms with Crippen LogP contribution >= 0.6 is 35.0 Å². The Morgan fingerprint density at radius 1 is 1.21 bits per heavy atom. The highest BCUT2D eigenvalue weighted by Crippen LogP contribution is 2.32. The van der Waals surface area contributed by atoms with Crippen molar-refractivity contribution in [1.82, 2.24) is 14.8 Å². The number of carbonyl (C=O) groups is 2. The van der Waals surface area contributed by atoms with Crippen LogP contribution in [0.1, 0.15) is 36.1 Å². The highest BCUT2D eigenvalue weighted by molar-refractivity contribution is 7.99. The molecule has 172 valence electrons. The SMILES string of the molecule is C=CCn1c(SCC(=O)Nc2ccc(C(C)=O)cc2)nnc1C(C)Oc1cc(Cl)ccc1Cl. The van der Waals surface area contributed by atoms with Gasteiger partial charge < -0.3 is 10.1 Å². The molecule has 0 saturated heterocycles.